The first-order valence-electron chi connectivity index (χ1n) is 19.6. The van der Waals surface area contributed by atoms with Crippen molar-refractivity contribution in [1.29, 1.82) is 0 Å². The van der Waals surface area contributed by atoms with Crippen molar-refractivity contribution in [2.45, 2.75) is 123 Å². The minimum absolute atomic E-state index is 0.0414. The van der Waals surface area contributed by atoms with Gasteiger partial charge in [-0.25, -0.2) is 4.79 Å². The molecule has 2 unspecified atom stereocenters. The third-order valence-electron chi connectivity index (χ3n) is 11.2. The molecule has 292 valence electrons. The third kappa shape index (κ3) is 10.7. The van der Waals surface area contributed by atoms with Crippen molar-refractivity contribution in [3.63, 3.8) is 0 Å². The average molecular weight is 735 g/mol. The first-order valence-corrected chi connectivity index (χ1v) is 19.6. The number of Topliss-reactive ketones (excluding diaryl/α,β-unsaturated/α-hetero) is 1. The summed E-state index contributed by atoms with van der Waals surface area (Å²) in [6, 6.07) is 4.28. The van der Waals surface area contributed by atoms with E-state index < -0.39 is 41.8 Å². The van der Waals surface area contributed by atoms with Crippen molar-refractivity contribution in [2.75, 3.05) is 26.2 Å². The second kappa shape index (κ2) is 18.7. The fraction of sp³-hybridized carbons (Fsp3) is 0.659. The van der Waals surface area contributed by atoms with Gasteiger partial charge in [-0.3, -0.25) is 24.0 Å². The standard InChI is InChI=1S/C41H62N6O6/c1-8-10-17-31(36(49)38(51)42-20-9-2)43-37(50)35-30(26(3)4)19-22-47(35)39(52)34(29-23-27-15-11-12-16-28(27)24-29)45-40(53)44-32(41(5,6)7)25-46-21-14-13-18-33(46)48/h9,11-12,15-16,26,29-32,34-35H,2,8,10,13-14,17-25H2,1,3-7H3,(H,42,51)(H,43,50)(H2,44,45,53)/t30?,31?,32-,34+,35+/m1/s1. The molecule has 12 heteroatoms. The van der Waals surface area contributed by atoms with Crippen molar-refractivity contribution < 1.29 is 28.8 Å². The molecule has 2 heterocycles. The quantitative estimate of drug-likeness (QED) is 0.149. The van der Waals surface area contributed by atoms with Crippen molar-refractivity contribution in [3.8, 4) is 0 Å². The number of nitrogens with zero attached hydrogens (tertiary/aromatic N) is 2. The van der Waals surface area contributed by atoms with Crippen LogP contribution in [0.15, 0.2) is 36.9 Å². The van der Waals surface area contributed by atoms with E-state index in [4.69, 9.17) is 0 Å². The van der Waals surface area contributed by atoms with Crippen LogP contribution in [0.4, 0.5) is 4.79 Å². The zero-order valence-corrected chi connectivity index (χ0v) is 32.7. The summed E-state index contributed by atoms with van der Waals surface area (Å²) >= 11 is 0. The number of nitrogens with one attached hydrogen (secondary N) is 4. The average Bonchev–Trinajstić information content (AvgIpc) is 3.76. The van der Waals surface area contributed by atoms with Crippen LogP contribution in [0.5, 0.6) is 0 Å². The number of rotatable bonds is 16. The van der Waals surface area contributed by atoms with Crippen LogP contribution in [0, 0.1) is 23.2 Å². The molecule has 0 aromatic heterocycles. The molecule has 1 aromatic rings. The number of hydrogen-bond donors (Lipinski definition) is 4. The molecule has 0 spiro atoms. The van der Waals surface area contributed by atoms with Crippen LogP contribution in [-0.4, -0.2) is 95.6 Å². The Morgan fingerprint density at radius 1 is 0.981 bits per heavy atom. The van der Waals surface area contributed by atoms with Gasteiger partial charge in [0.05, 0.1) is 12.1 Å². The van der Waals surface area contributed by atoms with Gasteiger partial charge in [-0.2, -0.15) is 0 Å². The number of amides is 6. The van der Waals surface area contributed by atoms with E-state index in [0.717, 1.165) is 30.4 Å². The molecule has 0 bridgehead atoms. The smallest absolute Gasteiger partial charge is 0.315 e. The number of carbonyl (C=O) groups excluding carboxylic acids is 6. The molecule has 6 amide bonds. The summed E-state index contributed by atoms with van der Waals surface area (Å²) in [7, 11) is 0. The summed E-state index contributed by atoms with van der Waals surface area (Å²) in [4.78, 5) is 85.1. The summed E-state index contributed by atoms with van der Waals surface area (Å²) in [5, 5.41) is 11.6. The lowest BCUT2D eigenvalue weighted by Crippen LogP contribution is -2.61. The molecule has 2 saturated heterocycles. The zero-order valence-electron chi connectivity index (χ0n) is 32.7. The highest BCUT2D eigenvalue weighted by Crippen LogP contribution is 2.35. The van der Waals surface area contributed by atoms with Gasteiger partial charge in [0.15, 0.2) is 0 Å². The number of hydrogen-bond acceptors (Lipinski definition) is 6. The first kappa shape index (κ1) is 41.5. The Bertz CT molecular complexity index is 1480. The number of carbonyl (C=O) groups is 6. The Morgan fingerprint density at radius 3 is 2.25 bits per heavy atom. The highest BCUT2D eigenvalue weighted by Gasteiger charge is 2.48. The molecule has 4 rings (SSSR count). The minimum atomic E-state index is -1.04. The number of benzene rings is 1. The largest absolute Gasteiger partial charge is 0.346 e. The van der Waals surface area contributed by atoms with Gasteiger partial charge < -0.3 is 31.1 Å². The molecule has 3 aliphatic rings. The van der Waals surface area contributed by atoms with Gasteiger partial charge in [-0.05, 0) is 72.8 Å². The third-order valence-corrected chi connectivity index (χ3v) is 11.2. The molecule has 0 saturated carbocycles. The minimum Gasteiger partial charge on any atom is -0.346 e. The Balaban J connectivity index is 1.60. The lowest BCUT2D eigenvalue weighted by molar-refractivity contribution is -0.144. The molecule has 5 atom stereocenters. The van der Waals surface area contributed by atoms with Gasteiger partial charge in [-0.15, -0.1) is 6.58 Å². The summed E-state index contributed by atoms with van der Waals surface area (Å²) in [6.07, 6.45) is 7.19. The Hall–Kier alpha value is -4.22. The van der Waals surface area contributed by atoms with E-state index in [1.165, 1.54) is 6.08 Å². The molecule has 53 heavy (non-hydrogen) atoms. The van der Waals surface area contributed by atoms with Crippen LogP contribution in [0.2, 0.25) is 0 Å². The maximum Gasteiger partial charge on any atom is 0.315 e. The van der Waals surface area contributed by atoms with Gasteiger partial charge in [-0.1, -0.05) is 84.7 Å². The summed E-state index contributed by atoms with van der Waals surface area (Å²) < 4.78 is 0. The van der Waals surface area contributed by atoms with Crippen LogP contribution < -0.4 is 21.3 Å². The maximum atomic E-state index is 14.9. The van der Waals surface area contributed by atoms with E-state index in [9.17, 15) is 28.8 Å². The molecule has 0 radical (unpaired) electrons. The number of urea groups is 1. The number of ketones is 1. The number of unbranched alkanes of at least 4 members (excludes halogenated alkanes) is 1. The lowest BCUT2D eigenvalue weighted by atomic mass is 9.86. The summed E-state index contributed by atoms with van der Waals surface area (Å²) in [6.45, 7) is 17.1. The van der Waals surface area contributed by atoms with Crippen molar-refractivity contribution in [1.82, 2.24) is 31.1 Å². The van der Waals surface area contributed by atoms with E-state index in [1.807, 2.05) is 70.7 Å². The van der Waals surface area contributed by atoms with E-state index in [2.05, 4.69) is 27.8 Å². The Morgan fingerprint density at radius 2 is 1.66 bits per heavy atom. The molecular formula is C41H62N6O6. The van der Waals surface area contributed by atoms with Crippen molar-refractivity contribution in [2.24, 2.45) is 23.2 Å². The normalized spacial score (nSPS) is 20.7. The van der Waals surface area contributed by atoms with E-state index in [-0.39, 0.29) is 54.0 Å². The predicted molar refractivity (Wildman–Crippen MR) is 205 cm³/mol. The molecule has 1 aromatic carbocycles. The molecular weight excluding hydrogens is 672 g/mol. The highest BCUT2D eigenvalue weighted by molar-refractivity contribution is 6.38. The molecule has 12 nitrogen and oxygen atoms in total. The van der Waals surface area contributed by atoms with Gasteiger partial charge in [0.2, 0.25) is 23.5 Å². The molecule has 1 aliphatic carbocycles. The number of likely N-dealkylation sites (tertiary alicyclic amines) is 2. The lowest BCUT2D eigenvalue weighted by Gasteiger charge is -2.38. The number of piperidine rings is 1. The van der Waals surface area contributed by atoms with Crippen molar-refractivity contribution in [3.05, 3.63) is 48.0 Å². The van der Waals surface area contributed by atoms with Gasteiger partial charge in [0.1, 0.15) is 12.1 Å². The second-order valence-electron chi connectivity index (χ2n) is 16.5. The molecule has 2 fully saturated rings. The fourth-order valence-electron chi connectivity index (χ4n) is 7.98. The highest BCUT2D eigenvalue weighted by atomic mass is 16.2. The van der Waals surface area contributed by atoms with Crippen LogP contribution in [0.1, 0.15) is 97.6 Å². The van der Waals surface area contributed by atoms with Crippen molar-refractivity contribution >= 4 is 35.4 Å². The summed E-state index contributed by atoms with van der Waals surface area (Å²) in [5.74, 6) is -2.67. The molecule has 4 N–H and O–H groups in total. The SMILES string of the molecule is C=CCNC(=O)C(=O)C(CCCC)NC(=O)[C@@H]1C(C(C)C)CCN1C(=O)[C@@H](NC(=O)N[C@H](CN1CCCCC1=O)C(C)(C)C)C1Cc2ccccc2C1. The number of fused-ring (bicyclic) bond motifs is 1. The van der Waals surface area contributed by atoms with E-state index in [0.29, 0.717) is 51.7 Å². The monoisotopic (exact) mass is 734 g/mol. The van der Waals surface area contributed by atoms with Crippen LogP contribution in [0.25, 0.3) is 0 Å². The van der Waals surface area contributed by atoms with Crippen LogP contribution >= 0.6 is 0 Å². The zero-order chi connectivity index (χ0) is 38.9. The topological polar surface area (TPSA) is 157 Å². The van der Waals surface area contributed by atoms with Gasteiger partial charge in [0.25, 0.3) is 5.91 Å². The Labute approximate surface area is 315 Å². The second-order valence-corrected chi connectivity index (χ2v) is 16.5. The van der Waals surface area contributed by atoms with E-state index in [1.54, 1.807) is 4.90 Å². The Kier molecular flexibility index (Phi) is 14.7. The summed E-state index contributed by atoms with van der Waals surface area (Å²) in [5.41, 5.74) is 1.86. The van der Waals surface area contributed by atoms with Gasteiger partial charge in [0, 0.05) is 32.6 Å². The maximum absolute atomic E-state index is 14.9. The fourth-order valence-corrected chi connectivity index (χ4v) is 7.98. The molecule has 2 aliphatic heterocycles. The first-order chi connectivity index (χ1) is 25.2. The van der Waals surface area contributed by atoms with Crippen LogP contribution in [-0.2, 0) is 36.8 Å². The predicted octanol–water partition coefficient (Wildman–Crippen LogP) is 3.92. The van der Waals surface area contributed by atoms with Crippen LogP contribution in [0.3, 0.4) is 0 Å². The van der Waals surface area contributed by atoms with Gasteiger partial charge >= 0.3 is 6.03 Å². The van der Waals surface area contributed by atoms with E-state index >= 15 is 0 Å².